The number of halogens is 1. The van der Waals surface area contributed by atoms with Crippen LogP contribution in [0.25, 0.3) is 10.9 Å². The Hall–Kier alpha value is -2.93. The van der Waals surface area contributed by atoms with E-state index in [1.165, 1.54) is 19.5 Å². The summed E-state index contributed by atoms with van der Waals surface area (Å²) in [5, 5.41) is 0.807. The molecular weight excluding hydrogens is 334 g/mol. The van der Waals surface area contributed by atoms with E-state index in [1.807, 2.05) is 0 Å². The van der Waals surface area contributed by atoms with Crippen LogP contribution >= 0.6 is 11.6 Å². The Bertz CT molecular complexity index is 952. The van der Waals surface area contributed by atoms with Crippen LogP contribution in [0.3, 0.4) is 0 Å². The molecule has 2 aromatic heterocycles. The summed E-state index contributed by atoms with van der Waals surface area (Å²) in [6.07, 6.45) is 2.04. The molecule has 0 saturated heterocycles. The van der Waals surface area contributed by atoms with Crippen LogP contribution in [0, 0.1) is 0 Å². The van der Waals surface area contributed by atoms with Gasteiger partial charge in [0.2, 0.25) is 5.78 Å². The topological polar surface area (TPSA) is 83.3 Å². The molecule has 0 amide bonds. The molecule has 3 rings (SSSR count). The first-order valence-corrected chi connectivity index (χ1v) is 7.25. The van der Waals surface area contributed by atoms with Crippen molar-refractivity contribution in [2.75, 3.05) is 7.11 Å². The van der Waals surface area contributed by atoms with Crippen LogP contribution in [-0.4, -0.2) is 33.6 Å². The van der Waals surface area contributed by atoms with Gasteiger partial charge in [0.05, 0.1) is 12.6 Å². The number of methoxy groups -OCH3 is 1. The number of hydrogen-bond donors (Lipinski definition) is 0. The number of aromatic nitrogens is 3. The van der Waals surface area contributed by atoms with Gasteiger partial charge in [0.1, 0.15) is 17.2 Å². The smallest absolute Gasteiger partial charge is 0.437 e. The molecule has 0 unspecified atom stereocenters. The fourth-order valence-corrected chi connectivity index (χ4v) is 2.57. The minimum atomic E-state index is -0.834. The fraction of sp³-hybridized carbons (Fsp3) is 0.125. The summed E-state index contributed by atoms with van der Waals surface area (Å²) in [5.41, 5.74) is 1.19. The Labute approximate surface area is 141 Å². The predicted molar refractivity (Wildman–Crippen MR) is 86.4 cm³/mol. The maximum atomic E-state index is 12.7. The van der Waals surface area contributed by atoms with E-state index < -0.39 is 6.16 Å². The number of para-hydroxylation sites is 1. The van der Waals surface area contributed by atoms with Crippen LogP contribution < -0.4 is 4.74 Å². The van der Waals surface area contributed by atoms with Crippen LogP contribution in [0.2, 0.25) is 5.15 Å². The van der Waals surface area contributed by atoms with Crippen molar-refractivity contribution >= 4 is 34.4 Å². The number of carbonyl (C=O) groups excluding carboxylic acids is 2. The van der Waals surface area contributed by atoms with Gasteiger partial charge in [0, 0.05) is 30.3 Å². The minimum Gasteiger partial charge on any atom is -0.437 e. The van der Waals surface area contributed by atoms with Crippen molar-refractivity contribution in [3.8, 4) is 5.75 Å². The van der Waals surface area contributed by atoms with Gasteiger partial charge in [-0.3, -0.25) is 4.79 Å². The third-order valence-corrected chi connectivity index (χ3v) is 3.64. The molecule has 1 aromatic carbocycles. The second-order valence-electron chi connectivity index (χ2n) is 4.92. The molecule has 0 atom stereocenters. The molecule has 7 nitrogen and oxygen atoms in total. The van der Waals surface area contributed by atoms with Gasteiger partial charge in [-0.15, -0.1) is 0 Å². The maximum absolute atomic E-state index is 12.7. The zero-order valence-electron chi connectivity index (χ0n) is 12.8. The lowest BCUT2D eigenvalue weighted by atomic mass is 10.1. The number of ether oxygens (including phenoxy) is 2. The molecule has 0 fully saturated rings. The van der Waals surface area contributed by atoms with Gasteiger partial charge in [0.15, 0.2) is 5.75 Å². The Kier molecular flexibility index (Phi) is 4.18. The monoisotopic (exact) mass is 345 g/mol. The highest BCUT2D eigenvalue weighted by atomic mass is 35.5. The van der Waals surface area contributed by atoms with Gasteiger partial charge >= 0.3 is 6.16 Å². The molecule has 8 heteroatoms. The van der Waals surface area contributed by atoms with Crippen molar-refractivity contribution in [1.29, 1.82) is 0 Å². The van der Waals surface area contributed by atoms with E-state index in [0.29, 0.717) is 22.2 Å². The van der Waals surface area contributed by atoms with Crippen LogP contribution in [0.1, 0.15) is 16.1 Å². The largest absolute Gasteiger partial charge is 0.513 e. The molecule has 0 aliphatic heterocycles. The Morgan fingerprint density at radius 3 is 2.75 bits per heavy atom. The summed E-state index contributed by atoms with van der Waals surface area (Å²) in [5.74, 6) is -0.0123. The molecule has 122 valence electrons. The molecule has 2 heterocycles. The van der Waals surface area contributed by atoms with Crippen LogP contribution in [0.5, 0.6) is 5.75 Å². The van der Waals surface area contributed by atoms with E-state index in [4.69, 9.17) is 16.3 Å². The van der Waals surface area contributed by atoms with E-state index in [1.54, 1.807) is 36.0 Å². The number of aryl methyl sites for hydroxylation is 1. The molecule has 0 saturated carbocycles. The van der Waals surface area contributed by atoms with Gasteiger partial charge in [-0.1, -0.05) is 23.7 Å². The zero-order valence-corrected chi connectivity index (χ0v) is 13.6. The first-order valence-electron chi connectivity index (χ1n) is 6.87. The van der Waals surface area contributed by atoms with E-state index in [9.17, 15) is 9.59 Å². The van der Waals surface area contributed by atoms with Gasteiger partial charge in [-0.2, -0.15) is 0 Å². The summed E-state index contributed by atoms with van der Waals surface area (Å²) in [7, 11) is 2.97. The van der Waals surface area contributed by atoms with Crippen molar-refractivity contribution in [3.63, 3.8) is 0 Å². The van der Waals surface area contributed by atoms with Gasteiger partial charge < -0.3 is 14.0 Å². The molecule has 0 aliphatic carbocycles. The molecular formula is C16H12ClN3O4. The summed E-state index contributed by atoms with van der Waals surface area (Å²) in [6, 6.07) is 6.46. The molecule has 0 spiro atoms. The third kappa shape index (κ3) is 2.81. The van der Waals surface area contributed by atoms with E-state index in [2.05, 4.69) is 14.7 Å². The molecule has 0 N–H and O–H groups in total. The lowest BCUT2D eigenvalue weighted by Gasteiger charge is -2.06. The SMILES string of the molecule is COC(=O)Oc1cccc2c(C(=O)c3cc(Cl)ncn3)cn(C)c12. The first-order chi connectivity index (χ1) is 11.5. The predicted octanol–water partition coefficient (Wildman–Crippen LogP) is 3.00. The lowest BCUT2D eigenvalue weighted by Crippen LogP contribution is -2.08. The van der Waals surface area contributed by atoms with Crippen molar-refractivity contribution in [2.45, 2.75) is 0 Å². The molecule has 0 radical (unpaired) electrons. The first kappa shape index (κ1) is 15.9. The standard InChI is InChI=1S/C16H12ClN3O4/c1-20-7-10(15(21)11-6-13(17)19-8-18-11)9-4-3-5-12(14(9)20)24-16(22)23-2/h3-8H,1-2H3. The van der Waals surface area contributed by atoms with Crippen molar-refractivity contribution in [2.24, 2.45) is 7.05 Å². The van der Waals surface area contributed by atoms with Gasteiger partial charge in [-0.25, -0.2) is 14.8 Å². The number of benzene rings is 1. The quantitative estimate of drug-likeness (QED) is 0.314. The van der Waals surface area contributed by atoms with Crippen molar-refractivity contribution in [3.05, 3.63) is 53.2 Å². The van der Waals surface area contributed by atoms with Crippen LogP contribution in [0.15, 0.2) is 36.8 Å². The van der Waals surface area contributed by atoms with Crippen molar-refractivity contribution < 1.29 is 19.1 Å². The van der Waals surface area contributed by atoms with Crippen LogP contribution in [-0.2, 0) is 11.8 Å². The van der Waals surface area contributed by atoms with E-state index in [0.717, 1.165) is 0 Å². The Morgan fingerprint density at radius 1 is 1.25 bits per heavy atom. The van der Waals surface area contributed by atoms with Gasteiger partial charge in [0.25, 0.3) is 0 Å². The summed E-state index contributed by atoms with van der Waals surface area (Å²) in [6.45, 7) is 0. The highest BCUT2D eigenvalue weighted by Gasteiger charge is 2.20. The Morgan fingerprint density at radius 2 is 2.04 bits per heavy atom. The molecule has 3 aromatic rings. The third-order valence-electron chi connectivity index (χ3n) is 3.44. The van der Waals surface area contributed by atoms with E-state index >= 15 is 0 Å². The number of hydrogen-bond acceptors (Lipinski definition) is 6. The van der Waals surface area contributed by atoms with E-state index in [-0.39, 0.29) is 16.6 Å². The fourth-order valence-electron chi connectivity index (χ4n) is 2.42. The Balaban J connectivity index is 2.12. The normalized spacial score (nSPS) is 10.6. The second kappa shape index (κ2) is 6.29. The molecule has 0 aliphatic rings. The average molecular weight is 346 g/mol. The average Bonchev–Trinajstić information content (AvgIpc) is 2.92. The second-order valence-corrected chi connectivity index (χ2v) is 5.30. The number of carbonyl (C=O) groups is 2. The molecule has 0 bridgehead atoms. The van der Waals surface area contributed by atoms with Crippen LogP contribution in [0.4, 0.5) is 4.79 Å². The summed E-state index contributed by atoms with van der Waals surface area (Å²) >= 11 is 5.82. The minimum absolute atomic E-state index is 0.182. The molecule has 24 heavy (non-hydrogen) atoms. The zero-order chi connectivity index (χ0) is 17.3. The van der Waals surface area contributed by atoms with Crippen molar-refractivity contribution in [1.82, 2.24) is 14.5 Å². The van der Waals surface area contributed by atoms with Gasteiger partial charge in [-0.05, 0) is 6.07 Å². The summed E-state index contributed by atoms with van der Waals surface area (Å²) < 4.78 is 11.3. The number of nitrogens with zero attached hydrogens (tertiary/aromatic N) is 3. The lowest BCUT2D eigenvalue weighted by molar-refractivity contribution is 0.103. The number of ketones is 1. The maximum Gasteiger partial charge on any atom is 0.513 e. The number of rotatable bonds is 3. The highest BCUT2D eigenvalue weighted by Crippen LogP contribution is 2.30. The number of fused-ring (bicyclic) bond motifs is 1. The highest BCUT2D eigenvalue weighted by molar-refractivity contribution is 6.30. The summed E-state index contributed by atoms with van der Waals surface area (Å²) in [4.78, 5) is 31.8.